The van der Waals surface area contributed by atoms with Gasteiger partial charge in [-0.15, -0.1) is 0 Å². The Balaban J connectivity index is 1.81. The number of methoxy groups -OCH3 is 1. The van der Waals surface area contributed by atoms with Crippen molar-refractivity contribution < 1.29 is 14.3 Å². The number of nitrogens with zero attached hydrogens (tertiary/aromatic N) is 5. The number of ether oxygens (including phenoxy) is 2. The first-order chi connectivity index (χ1) is 15.4. The number of hydrogen-bond acceptors (Lipinski definition) is 9. The minimum Gasteiger partial charge on any atom is -0.464 e. The second kappa shape index (κ2) is 8.91. The molecule has 1 fully saturated rings. The number of hydrogen-bond donors (Lipinski definition) is 1. The van der Waals surface area contributed by atoms with Gasteiger partial charge in [0.1, 0.15) is 0 Å². The van der Waals surface area contributed by atoms with E-state index in [2.05, 4.69) is 20.2 Å². The number of aromatic nitrogens is 4. The Morgan fingerprint density at radius 3 is 2.66 bits per heavy atom. The van der Waals surface area contributed by atoms with Crippen molar-refractivity contribution in [2.24, 2.45) is 7.05 Å². The highest BCUT2D eigenvalue weighted by Gasteiger charge is 2.22. The Morgan fingerprint density at radius 1 is 1.22 bits per heavy atom. The lowest BCUT2D eigenvalue weighted by Crippen LogP contribution is -2.40. The molecule has 1 atom stereocenters. The van der Waals surface area contributed by atoms with Gasteiger partial charge in [0.2, 0.25) is 5.95 Å². The van der Waals surface area contributed by atoms with Crippen LogP contribution >= 0.6 is 0 Å². The predicted molar refractivity (Wildman–Crippen MR) is 120 cm³/mol. The molecule has 32 heavy (non-hydrogen) atoms. The van der Waals surface area contributed by atoms with Crippen LogP contribution in [-0.4, -0.2) is 58.9 Å². The topological polar surface area (TPSA) is 111 Å². The maximum Gasteiger partial charge on any atom is 0.360 e. The van der Waals surface area contributed by atoms with Gasteiger partial charge in [0.25, 0.3) is 5.56 Å². The molecular weight excluding hydrogens is 412 g/mol. The predicted octanol–water partition coefficient (Wildman–Crippen LogP) is 1.83. The van der Waals surface area contributed by atoms with Crippen LogP contribution in [0.1, 0.15) is 34.6 Å². The number of carbonyl (C=O) groups excluding carboxylic acids is 1. The molecule has 0 spiro atoms. The van der Waals surface area contributed by atoms with E-state index in [-0.39, 0.29) is 17.3 Å². The fraction of sp³-hybridized carbons (Fsp3) is 0.409. The summed E-state index contributed by atoms with van der Waals surface area (Å²) in [5.41, 5.74) is 2.36. The summed E-state index contributed by atoms with van der Waals surface area (Å²) in [6, 6.07) is 3.53. The van der Waals surface area contributed by atoms with Crippen molar-refractivity contribution in [3.8, 4) is 0 Å². The van der Waals surface area contributed by atoms with E-state index in [1.54, 1.807) is 11.6 Å². The van der Waals surface area contributed by atoms with Gasteiger partial charge in [0.05, 0.1) is 37.3 Å². The third-order valence-corrected chi connectivity index (χ3v) is 5.52. The van der Waals surface area contributed by atoms with Gasteiger partial charge in [-0.25, -0.2) is 19.7 Å². The summed E-state index contributed by atoms with van der Waals surface area (Å²) in [6.45, 7) is 6.39. The maximum absolute atomic E-state index is 13.2. The van der Waals surface area contributed by atoms with Gasteiger partial charge in [-0.05, 0) is 25.5 Å². The largest absolute Gasteiger partial charge is 0.464 e. The van der Waals surface area contributed by atoms with E-state index in [1.807, 2.05) is 26.0 Å². The van der Waals surface area contributed by atoms with E-state index >= 15 is 0 Å². The number of benzene rings is 1. The molecule has 1 saturated heterocycles. The molecule has 10 nitrogen and oxygen atoms in total. The first kappa shape index (κ1) is 21.7. The average Bonchev–Trinajstić information content (AvgIpc) is 2.81. The van der Waals surface area contributed by atoms with E-state index in [9.17, 15) is 9.59 Å². The van der Waals surface area contributed by atoms with Crippen molar-refractivity contribution in [3.63, 3.8) is 0 Å². The third-order valence-electron chi connectivity index (χ3n) is 5.52. The molecule has 3 aromatic rings. The molecule has 168 valence electrons. The van der Waals surface area contributed by atoms with Gasteiger partial charge in [0.15, 0.2) is 11.5 Å². The van der Waals surface area contributed by atoms with Crippen LogP contribution in [0.2, 0.25) is 0 Å². The lowest BCUT2D eigenvalue weighted by molar-refractivity contribution is 0.0594. The highest BCUT2D eigenvalue weighted by molar-refractivity contribution is 5.92. The number of esters is 1. The molecule has 0 saturated carbocycles. The Kier molecular flexibility index (Phi) is 6.04. The first-order valence-corrected chi connectivity index (χ1v) is 10.4. The third kappa shape index (κ3) is 4.01. The van der Waals surface area contributed by atoms with Crippen LogP contribution in [0.3, 0.4) is 0 Å². The second-order valence-corrected chi connectivity index (χ2v) is 7.74. The van der Waals surface area contributed by atoms with Gasteiger partial charge in [-0.1, -0.05) is 6.07 Å². The lowest BCUT2D eigenvalue weighted by atomic mass is 10.0. The molecule has 0 bridgehead atoms. The number of anilines is 2. The van der Waals surface area contributed by atoms with Crippen molar-refractivity contribution in [1.82, 2.24) is 19.5 Å². The molecule has 1 aliphatic rings. The summed E-state index contributed by atoms with van der Waals surface area (Å²) in [7, 11) is 3.04. The number of rotatable bonds is 5. The molecule has 1 aromatic carbocycles. The number of fused-ring (bicyclic) bond motifs is 1. The molecule has 10 heteroatoms. The molecule has 0 aliphatic carbocycles. The zero-order valence-corrected chi connectivity index (χ0v) is 18.6. The monoisotopic (exact) mass is 438 g/mol. The zero-order chi connectivity index (χ0) is 22.8. The SMILES string of the molecule is COC(=O)c1nccnc1N[C@H](C)c1cc(C)cc2c(=O)n(C)c(N3CCOCC3)nc12. The van der Waals surface area contributed by atoms with Gasteiger partial charge < -0.3 is 19.7 Å². The smallest absolute Gasteiger partial charge is 0.360 e. The minimum absolute atomic E-state index is 0.0942. The molecule has 0 amide bonds. The van der Waals surface area contributed by atoms with E-state index in [0.29, 0.717) is 49.0 Å². The fourth-order valence-corrected chi connectivity index (χ4v) is 3.89. The average molecular weight is 438 g/mol. The Hall–Kier alpha value is -3.53. The molecule has 0 unspecified atom stereocenters. The normalized spacial score (nSPS) is 14.9. The maximum atomic E-state index is 13.2. The summed E-state index contributed by atoms with van der Waals surface area (Å²) >= 11 is 0. The van der Waals surface area contributed by atoms with Crippen LogP contribution in [0.15, 0.2) is 29.3 Å². The molecular formula is C22H26N6O4. The number of morpholine rings is 1. The van der Waals surface area contributed by atoms with Crippen LogP contribution < -0.4 is 15.8 Å². The van der Waals surface area contributed by atoms with Crippen molar-refractivity contribution in [3.05, 3.63) is 51.7 Å². The van der Waals surface area contributed by atoms with Crippen LogP contribution in [0.4, 0.5) is 11.8 Å². The standard InChI is InChI=1S/C22H26N6O4/c1-13-11-15(14(2)25-19-18(21(30)31-4)23-5-6-24-19)17-16(12-13)20(29)27(3)22(26-17)28-7-9-32-10-8-28/h5-6,11-12,14H,7-10H2,1-4H3,(H,24,25)/t14-/m1/s1. The van der Waals surface area contributed by atoms with Crippen LogP contribution in [0, 0.1) is 6.92 Å². The first-order valence-electron chi connectivity index (χ1n) is 10.4. The minimum atomic E-state index is -0.580. The van der Waals surface area contributed by atoms with Crippen molar-refractivity contribution in [1.29, 1.82) is 0 Å². The van der Waals surface area contributed by atoms with Crippen molar-refractivity contribution in [2.75, 3.05) is 43.6 Å². The Bertz CT molecular complexity index is 1220. The number of nitrogens with one attached hydrogen (secondary N) is 1. The highest BCUT2D eigenvalue weighted by atomic mass is 16.5. The van der Waals surface area contributed by atoms with E-state index < -0.39 is 5.97 Å². The molecule has 4 rings (SSSR count). The molecule has 1 aliphatic heterocycles. The van der Waals surface area contributed by atoms with Gasteiger partial charge in [-0.2, -0.15) is 0 Å². The van der Waals surface area contributed by atoms with Gasteiger partial charge >= 0.3 is 5.97 Å². The van der Waals surface area contributed by atoms with Gasteiger partial charge in [0, 0.05) is 38.1 Å². The van der Waals surface area contributed by atoms with Crippen molar-refractivity contribution in [2.45, 2.75) is 19.9 Å². The lowest BCUT2D eigenvalue weighted by Gasteiger charge is -2.29. The number of carbonyl (C=O) groups is 1. The molecule has 2 aromatic heterocycles. The summed E-state index contributed by atoms with van der Waals surface area (Å²) < 4.78 is 11.8. The van der Waals surface area contributed by atoms with Crippen LogP contribution in [0.25, 0.3) is 10.9 Å². The molecule has 0 radical (unpaired) electrons. The Labute approximate surface area is 185 Å². The number of aryl methyl sites for hydroxylation is 1. The summed E-state index contributed by atoms with van der Waals surface area (Å²) in [6.07, 6.45) is 2.93. The summed E-state index contributed by atoms with van der Waals surface area (Å²) in [4.78, 5) is 40.6. The fourth-order valence-electron chi connectivity index (χ4n) is 3.89. The van der Waals surface area contributed by atoms with Crippen LogP contribution in [0.5, 0.6) is 0 Å². The Morgan fingerprint density at radius 2 is 1.94 bits per heavy atom. The van der Waals surface area contributed by atoms with E-state index in [4.69, 9.17) is 14.5 Å². The summed E-state index contributed by atoms with van der Waals surface area (Å²) in [5.74, 6) is 0.333. The highest BCUT2D eigenvalue weighted by Crippen LogP contribution is 2.28. The van der Waals surface area contributed by atoms with E-state index in [1.165, 1.54) is 19.5 Å². The molecule has 3 heterocycles. The zero-order valence-electron chi connectivity index (χ0n) is 18.6. The van der Waals surface area contributed by atoms with E-state index in [0.717, 1.165) is 11.1 Å². The summed E-state index contributed by atoms with van der Waals surface area (Å²) in [5, 5.41) is 3.78. The van der Waals surface area contributed by atoms with Crippen molar-refractivity contribution >= 4 is 28.6 Å². The molecule has 1 N–H and O–H groups in total. The van der Waals surface area contributed by atoms with Crippen LogP contribution in [-0.2, 0) is 16.5 Å². The van der Waals surface area contributed by atoms with Gasteiger partial charge in [-0.3, -0.25) is 9.36 Å². The quantitative estimate of drug-likeness (QED) is 0.596. The second-order valence-electron chi connectivity index (χ2n) is 7.74.